The molecule has 2 atom stereocenters. The van der Waals surface area contributed by atoms with Gasteiger partial charge in [0.15, 0.2) is 0 Å². The highest BCUT2D eigenvalue weighted by Gasteiger charge is 2.39. The summed E-state index contributed by atoms with van der Waals surface area (Å²) in [4.78, 5) is 14.6. The molecule has 1 saturated heterocycles. The van der Waals surface area contributed by atoms with Crippen molar-refractivity contribution in [1.82, 2.24) is 4.90 Å². The van der Waals surface area contributed by atoms with Gasteiger partial charge in [-0.15, -0.1) is 0 Å². The Labute approximate surface area is 144 Å². The van der Waals surface area contributed by atoms with Crippen LogP contribution in [-0.2, 0) is 22.5 Å². The van der Waals surface area contributed by atoms with Gasteiger partial charge in [-0.2, -0.15) is 0 Å². The van der Waals surface area contributed by atoms with E-state index in [2.05, 4.69) is 60.4 Å². The molecular formula is C21H25NO2. The van der Waals surface area contributed by atoms with Crippen molar-refractivity contribution in [3.05, 3.63) is 71.3 Å². The molecule has 2 aromatic rings. The molecule has 3 nitrogen and oxygen atoms in total. The van der Waals surface area contributed by atoms with E-state index in [0.29, 0.717) is 0 Å². The van der Waals surface area contributed by atoms with Crippen LogP contribution in [0.25, 0.3) is 0 Å². The fraction of sp³-hybridized carbons (Fsp3) is 0.381. The Morgan fingerprint density at radius 1 is 1.04 bits per heavy atom. The molecule has 0 amide bonds. The van der Waals surface area contributed by atoms with Crippen LogP contribution in [0.4, 0.5) is 0 Å². The Morgan fingerprint density at radius 2 is 1.75 bits per heavy atom. The molecule has 24 heavy (non-hydrogen) atoms. The number of rotatable bonds is 5. The molecule has 1 aliphatic rings. The third-order valence-corrected chi connectivity index (χ3v) is 4.96. The molecule has 0 aliphatic carbocycles. The Bertz CT molecular complexity index is 666. The third-order valence-electron chi connectivity index (χ3n) is 4.96. The maximum atomic E-state index is 12.3. The normalized spacial score (nSPS) is 20.9. The first kappa shape index (κ1) is 16.7. The average Bonchev–Trinajstić information content (AvgIpc) is 3.05. The lowest BCUT2D eigenvalue weighted by atomic mass is 9.88. The Balaban J connectivity index is 1.78. The van der Waals surface area contributed by atoms with Crippen molar-refractivity contribution in [1.29, 1.82) is 0 Å². The minimum Gasteiger partial charge on any atom is -0.469 e. The van der Waals surface area contributed by atoms with Crippen LogP contribution in [0.1, 0.15) is 29.5 Å². The van der Waals surface area contributed by atoms with Crippen molar-refractivity contribution >= 4 is 5.97 Å². The highest BCUT2D eigenvalue weighted by Crippen LogP contribution is 2.34. The molecule has 0 radical (unpaired) electrons. The van der Waals surface area contributed by atoms with E-state index in [-0.39, 0.29) is 17.8 Å². The maximum absolute atomic E-state index is 12.3. The van der Waals surface area contributed by atoms with Crippen LogP contribution in [0.5, 0.6) is 0 Å². The number of carbonyl (C=O) groups excluding carboxylic acids is 1. The van der Waals surface area contributed by atoms with Crippen molar-refractivity contribution in [3.63, 3.8) is 0 Å². The molecule has 2 aromatic carbocycles. The molecule has 1 heterocycles. The number of likely N-dealkylation sites (tertiary alicyclic amines) is 1. The SMILES string of the molecule is CCc1ccc(C2CN(Cc3ccccc3)C[C@@H]2C(=O)OC)cc1. The van der Waals surface area contributed by atoms with Crippen LogP contribution in [0.2, 0.25) is 0 Å². The van der Waals surface area contributed by atoms with Crippen LogP contribution < -0.4 is 0 Å². The summed E-state index contributed by atoms with van der Waals surface area (Å²) in [6.07, 6.45) is 1.03. The van der Waals surface area contributed by atoms with Crippen LogP contribution in [0.3, 0.4) is 0 Å². The zero-order chi connectivity index (χ0) is 16.9. The lowest BCUT2D eigenvalue weighted by Crippen LogP contribution is -2.24. The quantitative estimate of drug-likeness (QED) is 0.787. The van der Waals surface area contributed by atoms with Crippen LogP contribution in [-0.4, -0.2) is 31.1 Å². The van der Waals surface area contributed by atoms with Crippen molar-refractivity contribution in [2.24, 2.45) is 5.92 Å². The molecule has 1 unspecified atom stereocenters. The number of carbonyl (C=O) groups is 1. The van der Waals surface area contributed by atoms with Crippen molar-refractivity contribution in [2.75, 3.05) is 20.2 Å². The first-order valence-electron chi connectivity index (χ1n) is 8.64. The van der Waals surface area contributed by atoms with E-state index in [1.807, 2.05) is 6.07 Å². The summed E-state index contributed by atoms with van der Waals surface area (Å²) in [5.41, 5.74) is 3.84. The van der Waals surface area contributed by atoms with Crippen LogP contribution >= 0.6 is 0 Å². The number of nitrogens with zero attached hydrogens (tertiary/aromatic N) is 1. The van der Waals surface area contributed by atoms with Crippen LogP contribution in [0.15, 0.2) is 54.6 Å². The second-order valence-corrected chi connectivity index (χ2v) is 6.51. The predicted molar refractivity (Wildman–Crippen MR) is 95.8 cm³/mol. The molecular weight excluding hydrogens is 298 g/mol. The molecule has 3 heteroatoms. The topological polar surface area (TPSA) is 29.5 Å². The monoisotopic (exact) mass is 323 g/mol. The van der Waals surface area contributed by atoms with E-state index in [1.165, 1.54) is 23.8 Å². The van der Waals surface area contributed by atoms with Crippen molar-refractivity contribution in [3.8, 4) is 0 Å². The zero-order valence-electron chi connectivity index (χ0n) is 14.4. The average molecular weight is 323 g/mol. The van der Waals surface area contributed by atoms with Crippen LogP contribution in [0, 0.1) is 5.92 Å². The first-order chi connectivity index (χ1) is 11.7. The first-order valence-corrected chi connectivity index (χ1v) is 8.64. The van der Waals surface area contributed by atoms with Gasteiger partial charge in [0.25, 0.3) is 0 Å². The summed E-state index contributed by atoms with van der Waals surface area (Å²) < 4.78 is 5.06. The Hall–Kier alpha value is -2.13. The van der Waals surface area contributed by atoms with E-state index < -0.39 is 0 Å². The van der Waals surface area contributed by atoms with E-state index >= 15 is 0 Å². The van der Waals surface area contributed by atoms with Crippen molar-refractivity contribution in [2.45, 2.75) is 25.8 Å². The standard InChI is InChI=1S/C21H25NO2/c1-3-16-9-11-18(12-10-16)19-14-22(15-20(19)21(23)24-2)13-17-7-5-4-6-8-17/h4-12,19-20H,3,13-15H2,1-2H3/t19?,20-/m0/s1. The van der Waals surface area contributed by atoms with E-state index in [0.717, 1.165) is 26.1 Å². The molecule has 0 saturated carbocycles. The number of hydrogen-bond acceptors (Lipinski definition) is 3. The number of esters is 1. The van der Waals surface area contributed by atoms with Gasteiger partial charge in [-0.3, -0.25) is 9.69 Å². The van der Waals surface area contributed by atoms with Gasteiger partial charge in [-0.05, 0) is 23.1 Å². The van der Waals surface area contributed by atoms with Gasteiger partial charge < -0.3 is 4.74 Å². The largest absolute Gasteiger partial charge is 0.469 e. The van der Waals surface area contributed by atoms with E-state index in [1.54, 1.807) is 0 Å². The second-order valence-electron chi connectivity index (χ2n) is 6.51. The second kappa shape index (κ2) is 7.63. The lowest BCUT2D eigenvalue weighted by molar-refractivity contribution is -0.145. The number of aryl methyl sites for hydroxylation is 1. The summed E-state index contributed by atoms with van der Waals surface area (Å²) in [6, 6.07) is 19.1. The van der Waals surface area contributed by atoms with Gasteiger partial charge in [0.2, 0.25) is 0 Å². The number of methoxy groups -OCH3 is 1. The highest BCUT2D eigenvalue weighted by atomic mass is 16.5. The van der Waals surface area contributed by atoms with Gasteiger partial charge in [-0.25, -0.2) is 0 Å². The molecule has 126 valence electrons. The molecule has 1 aliphatic heterocycles. The predicted octanol–water partition coefficient (Wildman–Crippen LogP) is 3.64. The molecule has 3 rings (SSSR count). The summed E-state index contributed by atoms with van der Waals surface area (Å²) in [7, 11) is 1.49. The number of ether oxygens (including phenoxy) is 1. The lowest BCUT2D eigenvalue weighted by Gasteiger charge is -2.17. The molecule has 0 aromatic heterocycles. The van der Waals surface area contributed by atoms with Gasteiger partial charge >= 0.3 is 5.97 Å². The smallest absolute Gasteiger partial charge is 0.310 e. The molecule has 0 N–H and O–H groups in total. The summed E-state index contributed by atoms with van der Waals surface area (Å²) in [5.74, 6) is 0.00777. The maximum Gasteiger partial charge on any atom is 0.310 e. The fourth-order valence-corrected chi connectivity index (χ4v) is 3.58. The summed E-state index contributed by atoms with van der Waals surface area (Å²) in [5, 5.41) is 0. The Kier molecular flexibility index (Phi) is 5.31. The zero-order valence-corrected chi connectivity index (χ0v) is 14.4. The minimum absolute atomic E-state index is 0.0915. The highest BCUT2D eigenvalue weighted by molar-refractivity contribution is 5.74. The van der Waals surface area contributed by atoms with Gasteiger partial charge in [0.1, 0.15) is 0 Å². The van der Waals surface area contributed by atoms with E-state index in [9.17, 15) is 4.79 Å². The molecule has 0 spiro atoms. The molecule has 0 bridgehead atoms. The fourth-order valence-electron chi connectivity index (χ4n) is 3.58. The summed E-state index contributed by atoms with van der Waals surface area (Å²) in [6.45, 7) is 4.67. The van der Waals surface area contributed by atoms with Crippen molar-refractivity contribution < 1.29 is 9.53 Å². The number of hydrogen-bond donors (Lipinski definition) is 0. The third kappa shape index (κ3) is 3.68. The van der Waals surface area contributed by atoms with Gasteiger partial charge in [0, 0.05) is 25.6 Å². The van der Waals surface area contributed by atoms with E-state index in [4.69, 9.17) is 4.74 Å². The molecule has 1 fully saturated rings. The Morgan fingerprint density at radius 3 is 2.38 bits per heavy atom. The van der Waals surface area contributed by atoms with Gasteiger partial charge in [0.05, 0.1) is 13.0 Å². The number of benzene rings is 2. The summed E-state index contributed by atoms with van der Waals surface area (Å²) >= 11 is 0. The van der Waals surface area contributed by atoms with Gasteiger partial charge in [-0.1, -0.05) is 61.5 Å². The minimum atomic E-state index is -0.102.